The third-order valence-corrected chi connectivity index (χ3v) is 13.5. The van der Waals surface area contributed by atoms with E-state index < -0.39 is 5.41 Å². The second-order valence-electron chi connectivity index (χ2n) is 17.4. The van der Waals surface area contributed by atoms with Gasteiger partial charge in [-0.25, -0.2) is 15.0 Å². The molecule has 5 heteroatoms. The zero-order valence-corrected chi connectivity index (χ0v) is 37.3. The largest absolute Gasteiger partial charge is 0.449 e. The Kier molecular flexibility index (Phi) is 9.65. The molecule has 0 fully saturated rings. The van der Waals surface area contributed by atoms with E-state index in [9.17, 15) is 0 Å². The molecule has 0 bridgehead atoms. The van der Waals surface area contributed by atoms with Gasteiger partial charge >= 0.3 is 0 Å². The fourth-order valence-corrected chi connectivity index (χ4v) is 10.3. The summed E-state index contributed by atoms with van der Waals surface area (Å²) < 4.78 is 14.0. The summed E-state index contributed by atoms with van der Waals surface area (Å²) in [6.07, 6.45) is 0. The molecule has 5 nitrogen and oxygen atoms in total. The lowest BCUT2D eigenvalue weighted by molar-refractivity contribution is 0.360. The van der Waals surface area contributed by atoms with E-state index in [0.29, 0.717) is 40.5 Å². The van der Waals surface area contributed by atoms with Crippen molar-refractivity contribution >= 4 is 0 Å². The maximum absolute atomic E-state index is 7.08. The highest BCUT2D eigenvalue weighted by atomic mass is 16.6. The summed E-state index contributed by atoms with van der Waals surface area (Å²) in [5, 5.41) is 0. The lowest BCUT2D eigenvalue weighted by atomic mass is 9.67. The van der Waals surface area contributed by atoms with E-state index in [1.165, 1.54) is 22.3 Å². The van der Waals surface area contributed by atoms with Crippen molar-refractivity contribution in [2.24, 2.45) is 0 Å². The summed E-state index contributed by atoms with van der Waals surface area (Å²) in [5.41, 5.74) is 15.4. The fourth-order valence-electron chi connectivity index (χ4n) is 10.3. The lowest BCUT2D eigenvalue weighted by Crippen LogP contribution is -2.28. The average Bonchev–Trinajstić information content (AvgIpc) is 3.72. The molecule has 69 heavy (non-hydrogen) atoms. The Morgan fingerprint density at radius 2 is 0.696 bits per heavy atom. The molecule has 324 valence electrons. The molecule has 0 amide bonds. The van der Waals surface area contributed by atoms with Gasteiger partial charge in [0.05, 0.1) is 5.41 Å². The van der Waals surface area contributed by atoms with Crippen LogP contribution in [0.25, 0.3) is 78.7 Å². The molecule has 1 aromatic heterocycles. The topological polar surface area (TPSA) is 57.1 Å². The Balaban J connectivity index is 0.927. The quantitative estimate of drug-likeness (QED) is 0.152. The van der Waals surface area contributed by atoms with Crippen LogP contribution < -0.4 is 9.47 Å². The first-order chi connectivity index (χ1) is 34.2. The van der Waals surface area contributed by atoms with Gasteiger partial charge in [0.1, 0.15) is 0 Å². The summed E-state index contributed by atoms with van der Waals surface area (Å²) in [7, 11) is 0. The predicted octanol–water partition coefficient (Wildman–Crippen LogP) is 16.1. The standard InChI is InChI=1S/C64H41N3O2/c1-5-18-42(19-6-1)44-32-36-46(37-33-44)61-65-62(47-38-34-45(35-39-47)43-20-7-2-8-21-43)67-63(66-61)53-28-14-13-26-50(53)52-29-17-31-57-60(52)69-58-40-54-51-27-15-16-30-55(51)64(48-22-9-3-10-23-48,49-24-11-4-12-25-49)56(54)41-59(58)68-57/h1-41H. The summed E-state index contributed by atoms with van der Waals surface area (Å²) >= 11 is 0. The van der Waals surface area contributed by atoms with Crippen LogP contribution in [-0.4, -0.2) is 15.0 Å². The Morgan fingerprint density at radius 1 is 0.261 bits per heavy atom. The van der Waals surface area contributed by atoms with Crippen molar-refractivity contribution in [3.63, 3.8) is 0 Å². The van der Waals surface area contributed by atoms with Crippen LogP contribution in [0.4, 0.5) is 0 Å². The first-order valence-electron chi connectivity index (χ1n) is 23.2. The minimum absolute atomic E-state index is 0.548. The van der Waals surface area contributed by atoms with Crippen LogP contribution in [0.1, 0.15) is 22.3 Å². The van der Waals surface area contributed by atoms with Crippen molar-refractivity contribution in [3.05, 3.63) is 271 Å². The van der Waals surface area contributed by atoms with Crippen LogP contribution in [0, 0.1) is 0 Å². The van der Waals surface area contributed by atoms with Gasteiger partial charge in [-0.1, -0.05) is 231 Å². The van der Waals surface area contributed by atoms with Gasteiger partial charge in [0.2, 0.25) is 0 Å². The summed E-state index contributed by atoms with van der Waals surface area (Å²) in [6, 6.07) is 86.6. The first-order valence-corrected chi connectivity index (χ1v) is 23.2. The molecule has 2 aliphatic rings. The predicted molar refractivity (Wildman–Crippen MR) is 276 cm³/mol. The number of hydrogen-bond acceptors (Lipinski definition) is 5. The monoisotopic (exact) mass is 883 g/mol. The zero-order valence-electron chi connectivity index (χ0n) is 37.3. The van der Waals surface area contributed by atoms with Crippen molar-refractivity contribution < 1.29 is 9.47 Å². The molecule has 0 radical (unpaired) electrons. The molecular formula is C64H41N3O2. The SMILES string of the molecule is c1ccc(-c2ccc(-c3nc(-c4ccc(-c5ccccc5)cc4)nc(-c4ccccc4-c4cccc5c4Oc4cc6c(cc4O5)C(c4ccccc4)(c4ccccc4)c4ccccc4-6)n3)cc2)cc1. The maximum atomic E-state index is 7.08. The third kappa shape index (κ3) is 6.82. The van der Waals surface area contributed by atoms with Gasteiger partial charge in [-0.3, -0.25) is 0 Å². The molecule has 2 heterocycles. The molecule has 0 atom stereocenters. The van der Waals surface area contributed by atoms with E-state index >= 15 is 0 Å². The highest BCUT2D eigenvalue weighted by Gasteiger charge is 2.47. The summed E-state index contributed by atoms with van der Waals surface area (Å²) in [5.74, 6) is 4.28. The number of para-hydroxylation sites is 1. The van der Waals surface area contributed by atoms with Gasteiger partial charge in [-0.2, -0.15) is 0 Å². The smallest absolute Gasteiger partial charge is 0.177 e. The second-order valence-corrected chi connectivity index (χ2v) is 17.4. The van der Waals surface area contributed by atoms with Gasteiger partial charge in [0.25, 0.3) is 0 Å². The Morgan fingerprint density at radius 3 is 1.28 bits per heavy atom. The molecule has 1 aliphatic carbocycles. The van der Waals surface area contributed by atoms with Crippen LogP contribution in [0.15, 0.2) is 249 Å². The van der Waals surface area contributed by atoms with E-state index in [0.717, 1.165) is 61.2 Å². The first kappa shape index (κ1) is 40.1. The van der Waals surface area contributed by atoms with Crippen molar-refractivity contribution in [3.8, 4) is 102 Å². The van der Waals surface area contributed by atoms with E-state index in [4.69, 9.17) is 24.4 Å². The number of nitrogens with zero attached hydrogens (tertiary/aromatic N) is 3. The number of ether oxygens (including phenoxy) is 2. The molecule has 1 aliphatic heterocycles. The van der Waals surface area contributed by atoms with Gasteiger partial charge in [-0.05, 0) is 79.4 Å². The van der Waals surface area contributed by atoms with Crippen LogP contribution >= 0.6 is 0 Å². The van der Waals surface area contributed by atoms with Crippen LogP contribution in [0.2, 0.25) is 0 Å². The minimum Gasteiger partial charge on any atom is -0.449 e. The molecule has 11 aromatic rings. The van der Waals surface area contributed by atoms with E-state index in [2.05, 4.69) is 212 Å². The molecule has 0 saturated carbocycles. The second kappa shape index (κ2) is 16.6. The van der Waals surface area contributed by atoms with E-state index in [1.54, 1.807) is 0 Å². The van der Waals surface area contributed by atoms with Crippen molar-refractivity contribution in [1.29, 1.82) is 0 Å². The molecule has 0 N–H and O–H groups in total. The van der Waals surface area contributed by atoms with Gasteiger partial charge < -0.3 is 9.47 Å². The van der Waals surface area contributed by atoms with Gasteiger partial charge in [0.15, 0.2) is 40.5 Å². The average molecular weight is 884 g/mol. The van der Waals surface area contributed by atoms with E-state index in [1.807, 2.05) is 36.4 Å². The van der Waals surface area contributed by atoms with Gasteiger partial charge in [0, 0.05) is 22.3 Å². The highest BCUT2D eigenvalue weighted by molar-refractivity contribution is 5.90. The fraction of sp³-hybridized carbons (Fsp3) is 0.0156. The molecule has 0 unspecified atom stereocenters. The van der Waals surface area contributed by atoms with Crippen LogP contribution in [0.5, 0.6) is 23.0 Å². The molecule has 13 rings (SSSR count). The summed E-state index contributed by atoms with van der Waals surface area (Å²) in [4.78, 5) is 15.6. The number of hydrogen-bond donors (Lipinski definition) is 0. The molecule has 0 saturated heterocycles. The van der Waals surface area contributed by atoms with E-state index in [-0.39, 0.29) is 0 Å². The lowest BCUT2D eigenvalue weighted by Gasteiger charge is -2.34. The molecule has 0 spiro atoms. The Bertz CT molecular complexity index is 3550. The number of benzene rings is 10. The molecular weight excluding hydrogens is 843 g/mol. The van der Waals surface area contributed by atoms with Crippen molar-refractivity contribution in [1.82, 2.24) is 15.0 Å². The Hall–Kier alpha value is -9.19. The van der Waals surface area contributed by atoms with Crippen molar-refractivity contribution in [2.45, 2.75) is 5.41 Å². The Labute approximate surface area is 400 Å². The normalized spacial score (nSPS) is 12.7. The summed E-state index contributed by atoms with van der Waals surface area (Å²) in [6.45, 7) is 0. The van der Waals surface area contributed by atoms with Gasteiger partial charge in [-0.15, -0.1) is 0 Å². The van der Waals surface area contributed by atoms with Crippen LogP contribution in [0.3, 0.4) is 0 Å². The maximum Gasteiger partial charge on any atom is 0.177 e. The molecule has 10 aromatic carbocycles. The van der Waals surface area contributed by atoms with Crippen LogP contribution in [-0.2, 0) is 5.41 Å². The van der Waals surface area contributed by atoms with Crippen molar-refractivity contribution in [2.75, 3.05) is 0 Å². The number of fused-ring (bicyclic) bond motifs is 5. The third-order valence-electron chi connectivity index (χ3n) is 13.5. The number of rotatable bonds is 8. The number of aromatic nitrogens is 3. The zero-order chi connectivity index (χ0) is 45.7. The highest BCUT2D eigenvalue weighted by Crippen LogP contribution is 2.60. The minimum atomic E-state index is -0.565.